The number of aliphatic imine (C=N–C) groups is 2. The van der Waals surface area contributed by atoms with Crippen LogP contribution in [0, 0.1) is 0 Å². The minimum atomic E-state index is 0.836. The summed E-state index contributed by atoms with van der Waals surface area (Å²) >= 11 is 0. The van der Waals surface area contributed by atoms with E-state index < -0.39 is 0 Å². The third-order valence-electron chi connectivity index (χ3n) is 3.96. The normalized spacial score (nSPS) is 14.3. The van der Waals surface area contributed by atoms with Crippen LogP contribution in [0.15, 0.2) is 58.5 Å². The minimum Gasteiger partial charge on any atom is -0.353 e. The largest absolute Gasteiger partial charge is 0.353 e. The maximum Gasteiger partial charge on any atom is 0.113 e. The van der Waals surface area contributed by atoms with Crippen LogP contribution in [0.5, 0.6) is 0 Å². The van der Waals surface area contributed by atoms with Crippen molar-refractivity contribution in [3.63, 3.8) is 0 Å². The summed E-state index contributed by atoms with van der Waals surface area (Å²) in [6.45, 7) is 4.12. The molecule has 108 valence electrons. The van der Waals surface area contributed by atoms with Crippen LogP contribution in [0.4, 0.5) is 11.4 Å². The van der Waals surface area contributed by atoms with Crippen molar-refractivity contribution in [3.05, 3.63) is 48.5 Å². The number of nitrogens with zero attached hydrogens (tertiary/aromatic N) is 2. The summed E-state index contributed by atoms with van der Waals surface area (Å²) in [6.07, 6.45) is 0.836. The number of aromatic amines is 1. The summed E-state index contributed by atoms with van der Waals surface area (Å²) < 4.78 is 0. The summed E-state index contributed by atoms with van der Waals surface area (Å²) in [5, 5.41) is 1.17. The Morgan fingerprint density at radius 1 is 0.909 bits per heavy atom. The molecule has 3 heteroatoms. The van der Waals surface area contributed by atoms with Crippen molar-refractivity contribution < 1.29 is 0 Å². The van der Waals surface area contributed by atoms with E-state index in [2.05, 4.69) is 61.3 Å². The molecule has 2 heterocycles. The highest BCUT2D eigenvalue weighted by atomic mass is 14.9. The molecule has 22 heavy (non-hydrogen) atoms. The number of aromatic nitrogens is 1. The molecule has 2 aromatic carbocycles. The number of nitrogens with one attached hydrogen (secondary N) is 1. The molecule has 1 aliphatic heterocycles. The van der Waals surface area contributed by atoms with Gasteiger partial charge in [-0.1, -0.05) is 36.4 Å². The smallest absolute Gasteiger partial charge is 0.113 e. The zero-order valence-electron chi connectivity index (χ0n) is 12.7. The Labute approximate surface area is 129 Å². The quantitative estimate of drug-likeness (QED) is 0.620. The van der Waals surface area contributed by atoms with Crippen molar-refractivity contribution in [2.24, 2.45) is 9.98 Å². The van der Waals surface area contributed by atoms with E-state index in [9.17, 15) is 0 Å². The summed E-state index contributed by atoms with van der Waals surface area (Å²) in [4.78, 5) is 13.0. The van der Waals surface area contributed by atoms with Crippen molar-refractivity contribution in [2.75, 3.05) is 0 Å². The molecule has 3 nitrogen and oxygen atoms in total. The maximum atomic E-state index is 4.80. The second-order valence-corrected chi connectivity index (χ2v) is 5.82. The Morgan fingerprint density at radius 3 is 2.50 bits per heavy atom. The van der Waals surface area contributed by atoms with Crippen LogP contribution < -0.4 is 0 Å². The topological polar surface area (TPSA) is 40.5 Å². The van der Waals surface area contributed by atoms with Crippen LogP contribution in [0.2, 0.25) is 0 Å². The number of rotatable bonds is 1. The number of H-pyrrole nitrogens is 1. The number of hydrogen-bond acceptors (Lipinski definition) is 2. The lowest BCUT2D eigenvalue weighted by molar-refractivity contribution is 1.41. The van der Waals surface area contributed by atoms with Crippen LogP contribution in [0.3, 0.4) is 0 Å². The molecule has 0 aliphatic carbocycles. The van der Waals surface area contributed by atoms with Gasteiger partial charge >= 0.3 is 0 Å². The summed E-state index contributed by atoms with van der Waals surface area (Å²) in [5.74, 6) is 0. The van der Waals surface area contributed by atoms with Gasteiger partial charge in [-0.2, -0.15) is 0 Å². The lowest BCUT2D eigenvalue weighted by atomic mass is 10.1. The lowest BCUT2D eigenvalue weighted by Gasteiger charge is -2.01. The van der Waals surface area contributed by atoms with E-state index in [1.165, 1.54) is 10.9 Å². The molecule has 1 aromatic heterocycles. The zero-order valence-corrected chi connectivity index (χ0v) is 12.7. The van der Waals surface area contributed by atoms with Gasteiger partial charge in [0.25, 0.3) is 0 Å². The fourth-order valence-electron chi connectivity index (χ4n) is 3.00. The highest BCUT2D eigenvalue weighted by Gasteiger charge is 2.14. The molecular formula is C19H17N3. The SMILES string of the molecule is CC1=Nc2ccc3cc(-c4ccccc4)[nH]c3c2N=C(C)C1. The molecule has 1 N–H and O–H groups in total. The molecular weight excluding hydrogens is 270 g/mol. The molecule has 0 amide bonds. The van der Waals surface area contributed by atoms with E-state index in [1.54, 1.807) is 0 Å². The molecule has 0 unspecified atom stereocenters. The Bertz CT molecular complexity index is 915. The van der Waals surface area contributed by atoms with Crippen molar-refractivity contribution in [3.8, 4) is 11.3 Å². The fraction of sp³-hybridized carbons (Fsp3) is 0.158. The Morgan fingerprint density at radius 2 is 1.68 bits per heavy atom. The van der Waals surface area contributed by atoms with Crippen LogP contribution in [-0.2, 0) is 0 Å². The zero-order chi connectivity index (χ0) is 15.1. The average molecular weight is 287 g/mol. The van der Waals surface area contributed by atoms with Gasteiger partial charge in [0, 0.05) is 28.9 Å². The van der Waals surface area contributed by atoms with Crippen LogP contribution >= 0.6 is 0 Å². The Hall–Kier alpha value is -2.68. The van der Waals surface area contributed by atoms with Crippen LogP contribution in [-0.4, -0.2) is 16.4 Å². The molecule has 0 spiro atoms. The molecule has 0 saturated carbocycles. The molecule has 1 aliphatic rings. The molecule has 3 aromatic rings. The van der Waals surface area contributed by atoms with Crippen LogP contribution in [0.1, 0.15) is 20.3 Å². The van der Waals surface area contributed by atoms with Gasteiger partial charge in [0.05, 0.1) is 11.2 Å². The third-order valence-corrected chi connectivity index (χ3v) is 3.96. The first-order chi connectivity index (χ1) is 10.7. The van der Waals surface area contributed by atoms with E-state index in [4.69, 9.17) is 9.98 Å². The van der Waals surface area contributed by atoms with E-state index in [-0.39, 0.29) is 0 Å². The standard InChI is InChI=1S/C19H17N3/c1-12-10-13(2)21-19-16(20-12)9-8-15-11-17(22-18(15)19)14-6-4-3-5-7-14/h3-9,11,22H,10H2,1-2H3. The highest BCUT2D eigenvalue weighted by molar-refractivity contribution is 6.10. The first-order valence-electron chi connectivity index (χ1n) is 7.50. The molecule has 0 atom stereocenters. The fourth-order valence-corrected chi connectivity index (χ4v) is 3.00. The molecule has 0 bridgehead atoms. The molecule has 0 saturated heterocycles. The molecule has 0 radical (unpaired) electrons. The van der Waals surface area contributed by atoms with Gasteiger partial charge in [-0.05, 0) is 31.5 Å². The van der Waals surface area contributed by atoms with Crippen molar-refractivity contribution >= 4 is 33.7 Å². The predicted octanol–water partition coefficient (Wildman–Crippen LogP) is 5.42. The average Bonchev–Trinajstić information content (AvgIpc) is 2.88. The van der Waals surface area contributed by atoms with E-state index in [1.807, 2.05) is 6.07 Å². The van der Waals surface area contributed by atoms with Crippen molar-refractivity contribution in [2.45, 2.75) is 20.3 Å². The predicted molar refractivity (Wildman–Crippen MR) is 93.9 cm³/mol. The summed E-state index contributed by atoms with van der Waals surface area (Å²) in [7, 11) is 0. The van der Waals surface area contributed by atoms with Crippen molar-refractivity contribution in [1.29, 1.82) is 0 Å². The Kier molecular flexibility index (Phi) is 2.93. The molecule has 4 rings (SSSR count). The van der Waals surface area contributed by atoms with Crippen molar-refractivity contribution in [1.82, 2.24) is 4.98 Å². The first kappa shape index (κ1) is 13.0. The van der Waals surface area contributed by atoms with Gasteiger partial charge < -0.3 is 4.98 Å². The highest BCUT2D eigenvalue weighted by Crippen LogP contribution is 2.39. The second kappa shape index (κ2) is 4.95. The third kappa shape index (κ3) is 2.15. The van der Waals surface area contributed by atoms with Gasteiger partial charge in [0.2, 0.25) is 0 Å². The maximum absolute atomic E-state index is 4.80. The first-order valence-corrected chi connectivity index (χ1v) is 7.50. The number of benzene rings is 2. The van der Waals surface area contributed by atoms with E-state index in [0.29, 0.717) is 0 Å². The number of fused-ring (bicyclic) bond motifs is 3. The van der Waals surface area contributed by atoms with Gasteiger partial charge in [-0.25, -0.2) is 0 Å². The van der Waals surface area contributed by atoms with Crippen LogP contribution in [0.25, 0.3) is 22.2 Å². The van der Waals surface area contributed by atoms with E-state index in [0.717, 1.165) is 40.4 Å². The molecule has 0 fully saturated rings. The van der Waals surface area contributed by atoms with Gasteiger partial charge in [-0.3, -0.25) is 9.98 Å². The Balaban J connectivity index is 1.97. The van der Waals surface area contributed by atoms with Gasteiger partial charge in [-0.15, -0.1) is 0 Å². The summed E-state index contributed by atoms with van der Waals surface area (Å²) in [6, 6.07) is 16.7. The summed E-state index contributed by atoms with van der Waals surface area (Å²) in [5.41, 5.74) is 7.47. The second-order valence-electron chi connectivity index (χ2n) is 5.82. The lowest BCUT2D eigenvalue weighted by Crippen LogP contribution is -1.97. The van der Waals surface area contributed by atoms with Gasteiger partial charge in [0.15, 0.2) is 0 Å². The number of hydrogen-bond donors (Lipinski definition) is 1. The monoisotopic (exact) mass is 287 g/mol. The minimum absolute atomic E-state index is 0.836. The van der Waals surface area contributed by atoms with E-state index >= 15 is 0 Å². The van der Waals surface area contributed by atoms with Gasteiger partial charge in [0.1, 0.15) is 5.69 Å².